The fourth-order valence-corrected chi connectivity index (χ4v) is 3.04. The van der Waals surface area contributed by atoms with Crippen molar-refractivity contribution in [3.63, 3.8) is 0 Å². The first kappa shape index (κ1) is 17.7. The van der Waals surface area contributed by atoms with Crippen LogP contribution in [0.4, 0.5) is 0 Å². The lowest BCUT2D eigenvalue weighted by atomic mass is 9.95. The van der Waals surface area contributed by atoms with Crippen LogP contribution in [0.25, 0.3) is 10.4 Å². The van der Waals surface area contributed by atoms with Gasteiger partial charge in [-0.05, 0) is 5.53 Å². The van der Waals surface area contributed by atoms with Crippen LogP contribution in [0.1, 0.15) is 18.8 Å². The van der Waals surface area contributed by atoms with Crippen LogP contribution in [0.5, 0.6) is 0 Å². The van der Waals surface area contributed by atoms with Gasteiger partial charge in [0.2, 0.25) is 0 Å². The summed E-state index contributed by atoms with van der Waals surface area (Å²) in [4.78, 5) is 14.3. The summed E-state index contributed by atoms with van der Waals surface area (Å²) < 4.78 is 28.0. The lowest BCUT2D eigenvalue weighted by Gasteiger charge is -2.47. The summed E-state index contributed by atoms with van der Waals surface area (Å²) in [6.07, 6.45) is -3.55. The van der Waals surface area contributed by atoms with Gasteiger partial charge >= 0.3 is 5.97 Å². The predicted molar refractivity (Wildman–Crippen MR) is 84.2 cm³/mol. The lowest BCUT2D eigenvalue weighted by molar-refractivity contribution is -0.338. The van der Waals surface area contributed by atoms with E-state index >= 15 is 0 Å². The molecule has 3 rings (SSSR count). The third-order valence-electron chi connectivity index (χ3n) is 4.10. The van der Waals surface area contributed by atoms with E-state index in [9.17, 15) is 4.79 Å². The van der Waals surface area contributed by atoms with Crippen LogP contribution in [0.2, 0.25) is 0 Å². The van der Waals surface area contributed by atoms with Gasteiger partial charge in [-0.3, -0.25) is 4.79 Å². The number of fused-ring (bicyclic) bond motifs is 1. The van der Waals surface area contributed by atoms with Gasteiger partial charge in [0.25, 0.3) is 0 Å². The number of ether oxygens (including phenoxy) is 5. The normalized spacial score (nSPS) is 34.5. The molecule has 0 N–H and O–H groups in total. The SMILES string of the molecule is COC1OC2COC(c3ccccc3)OC2C(N=[N+]=[N-])C1OC(C)=O. The number of esters is 1. The molecule has 9 heteroatoms. The number of nitrogens with zero attached hydrogens (tertiary/aromatic N) is 3. The highest BCUT2D eigenvalue weighted by atomic mass is 16.8. The second kappa shape index (κ2) is 7.81. The molecule has 0 aromatic heterocycles. The Balaban J connectivity index is 1.86. The first-order valence-electron chi connectivity index (χ1n) is 7.85. The maximum atomic E-state index is 11.4. The summed E-state index contributed by atoms with van der Waals surface area (Å²) in [5, 5.41) is 3.79. The molecule has 2 heterocycles. The van der Waals surface area contributed by atoms with Gasteiger partial charge in [0, 0.05) is 24.5 Å². The minimum atomic E-state index is -0.908. The zero-order valence-electron chi connectivity index (χ0n) is 13.8. The third-order valence-corrected chi connectivity index (χ3v) is 4.10. The Bertz CT molecular complexity index is 651. The summed E-state index contributed by atoms with van der Waals surface area (Å²) in [6, 6.07) is 8.59. The molecule has 2 saturated heterocycles. The molecule has 6 unspecified atom stereocenters. The van der Waals surface area contributed by atoms with Gasteiger partial charge in [-0.25, -0.2) is 0 Å². The summed E-state index contributed by atoms with van der Waals surface area (Å²) in [7, 11) is 1.42. The van der Waals surface area contributed by atoms with Crippen LogP contribution in [0, 0.1) is 0 Å². The zero-order chi connectivity index (χ0) is 17.8. The van der Waals surface area contributed by atoms with Crippen molar-refractivity contribution in [2.24, 2.45) is 5.11 Å². The maximum absolute atomic E-state index is 11.4. The van der Waals surface area contributed by atoms with Crippen molar-refractivity contribution in [2.45, 2.75) is 43.9 Å². The second-order valence-electron chi connectivity index (χ2n) is 5.72. The largest absolute Gasteiger partial charge is 0.457 e. The summed E-state index contributed by atoms with van der Waals surface area (Å²) in [5.41, 5.74) is 9.78. The van der Waals surface area contributed by atoms with Gasteiger partial charge < -0.3 is 23.7 Å². The number of carbonyl (C=O) groups excluding carboxylic acids is 1. The second-order valence-corrected chi connectivity index (χ2v) is 5.72. The van der Waals surface area contributed by atoms with E-state index in [1.807, 2.05) is 30.3 Å². The van der Waals surface area contributed by atoms with Gasteiger partial charge in [-0.1, -0.05) is 35.4 Å². The third kappa shape index (κ3) is 3.76. The molecule has 0 spiro atoms. The summed E-state index contributed by atoms with van der Waals surface area (Å²) >= 11 is 0. The van der Waals surface area contributed by atoms with E-state index < -0.39 is 42.9 Å². The Labute approximate surface area is 144 Å². The lowest BCUT2D eigenvalue weighted by Crippen LogP contribution is -2.62. The fourth-order valence-electron chi connectivity index (χ4n) is 3.04. The van der Waals surface area contributed by atoms with E-state index in [0.29, 0.717) is 0 Å². The van der Waals surface area contributed by atoms with Gasteiger partial charge in [0.1, 0.15) is 18.2 Å². The Morgan fingerprint density at radius 2 is 2.08 bits per heavy atom. The Kier molecular flexibility index (Phi) is 5.52. The topological polar surface area (TPSA) is 112 Å². The van der Waals surface area contributed by atoms with Crippen LogP contribution in [0.15, 0.2) is 35.4 Å². The quantitative estimate of drug-likeness (QED) is 0.356. The average Bonchev–Trinajstić information content (AvgIpc) is 2.63. The minimum absolute atomic E-state index is 0.230. The van der Waals surface area contributed by atoms with E-state index in [1.165, 1.54) is 14.0 Å². The molecule has 0 amide bonds. The van der Waals surface area contributed by atoms with Crippen LogP contribution < -0.4 is 0 Å². The first-order chi connectivity index (χ1) is 12.1. The monoisotopic (exact) mass is 349 g/mol. The zero-order valence-corrected chi connectivity index (χ0v) is 13.8. The molecule has 2 aliphatic heterocycles. The van der Waals surface area contributed by atoms with E-state index in [0.717, 1.165) is 5.56 Å². The molecule has 0 saturated carbocycles. The van der Waals surface area contributed by atoms with Crippen molar-refractivity contribution in [3.8, 4) is 0 Å². The Morgan fingerprint density at radius 1 is 1.32 bits per heavy atom. The fraction of sp³-hybridized carbons (Fsp3) is 0.562. The molecule has 2 aliphatic rings. The molecule has 1 aromatic rings. The van der Waals surface area contributed by atoms with Crippen LogP contribution >= 0.6 is 0 Å². The molecular formula is C16H19N3O6. The number of hydrogen-bond acceptors (Lipinski definition) is 7. The number of azide groups is 1. The molecule has 9 nitrogen and oxygen atoms in total. The average molecular weight is 349 g/mol. The van der Waals surface area contributed by atoms with Crippen LogP contribution in [-0.4, -0.2) is 50.3 Å². The number of carbonyl (C=O) groups is 1. The summed E-state index contributed by atoms with van der Waals surface area (Å²) in [6.45, 7) is 1.50. The maximum Gasteiger partial charge on any atom is 0.303 e. The number of rotatable bonds is 4. The van der Waals surface area contributed by atoms with Crippen molar-refractivity contribution in [1.29, 1.82) is 0 Å². The van der Waals surface area contributed by atoms with Crippen molar-refractivity contribution in [1.82, 2.24) is 0 Å². The standard InChI is InChI=1S/C16H19N3O6/c1-9(20)23-14-12(18-19-17)13-11(24-16(14)21-2)8-22-15(25-13)10-6-4-3-5-7-10/h3-7,11-16H,8H2,1-2H3. The molecule has 0 aliphatic carbocycles. The van der Waals surface area contributed by atoms with E-state index in [-0.39, 0.29) is 6.61 Å². The van der Waals surface area contributed by atoms with Crippen LogP contribution in [0.3, 0.4) is 0 Å². The van der Waals surface area contributed by atoms with E-state index in [1.54, 1.807) is 0 Å². The number of methoxy groups -OCH3 is 1. The number of benzene rings is 1. The molecule has 2 fully saturated rings. The minimum Gasteiger partial charge on any atom is -0.457 e. The Hall–Kier alpha value is -2.16. The first-order valence-corrected chi connectivity index (χ1v) is 7.85. The predicted octanol–water partition coefficient (Wildman–Crippen LogP) is 2.08. The molecule has 1 aromatic carbocycles. The Morgan fingerprint density at radius 3 is 2.72 bits per heavy atom. The summed E-state index contributed by atoms with van der Waals surface area (Å²) in [5.74, 6) is -0.529. The van der Waals surface area contributed by atoms with E-state index in [2.05, 4.69) is 10.0 Å². The van der Waals surface area contributed by atoms with Crippen LogP contribution in [-0.2, 0) is 28.5 Å². The molecule has 0 bridgehead atoms. The molecule has 6 atom stereocenters. The van der Waals surface area contributed by atoms with E-state index in [4.69, 9.17) is 29.2 Å². The highest BCUT2D eigenvalue weighted by Gasteiger charge is 2.51. The molecule has 134 valence electrons. The van der Waals surface area contributed by atoms with Crippen molar-refractivity contribution in [3.05, 3.63) is 46.3 Å². The highest BCUT2D eigenvalue weighted by Crippen LogP contribution is 2.36. The van der Waals surface area contributed by atoms with Crippen molar-refractivity contribution < 1.29 is 28.5 Å². The van der Waals surface area contributed by atoms with Gasteiger partial charge in [-0.15, -0.1) is 0 Å². The van der Waals surface area contributed by atoms with Gasteiger partial charge in [-0.2, -0.15) is 0 Å². The van der Waals surface area contributed by atoms with Crippen molar-refractivity contribution >= 4 is 5.97 Å². The van der Waals surface area contributed by atoms with Crippen molar-refractivity contribution in [2.75, 3.05) is 13.7 Å². The van der Waals surface area contributed by atoms with Gasteiger partial charge in [0.15, 0.2) is 18.7 Å². The molecule has 25 heavy (non-hydrogen) atoms. The smallest absolute Gasteiger partial charge is 0.303 e. The highest BCUT2D eigenvalue weighted by molar-refractivity contribution is 5.66. The van der Waals surface area contributed by atoms with Gasteiger partial charge in [0.05, 0.1) is 6.61 Å². The molecular weight excluding hydrogens is 330 g/mol. The number of hydrogen-bond donors (Lipinski definition) is 0. The molecule has 0 radical (unpaired) electrons.